The number of anilines is 2. The quantitative estimate of drug-likeness (QED) is 0.529. The number of hydrogen-bond acceptors (Lipinski definition) is 4. The normalized spacial score (nSPS) is 13.7. The predicted octanol–water partition coefficient (Wildman–Crippen LogP) is 5.33. The van der Waals surface area contributed by atoms with Crippen LogP contribution in [-0.2, 0) is 9.59 Å². The van der Waals surface area contributed by atoms with E-state index in [0.717, 1.165) is 22.6 Å². The zero-order valence-electron chi connectivity index (χ0n) is 17.1. The molecule has 0 fully saturated rings. The Morgan fingerprint density at radius 1 is 0.906 bits per heavy atom. The highest BCUT2D eigenvalue weighted by molar-refractivity contribution is 6.46. The van der Waals surface area contributed by atoms with E-state index in [1.54, 1.807) is 36.4 Å². The molecule has 3 aromatic carbocycles. The Kier molecular flexibility index (Phi) is 5.67. The van der Waals surface area contributed by atoms with E-state index in [0.29, 0.717) is 10.6 Å². The van der Waals surface area contributed by atoms with Crippen molar-refractivity contribution in [1.29, 1.82) is 0 Å². The van der Waals surface area contributed by atoms with Crippen LogP contribution in [0.4, 0.5) is 20.2 Å². The van der Waals surface area contributed by atoms with E-state index in [9.17, 15) is 18.4 Å². The van der Waals surface area contributed by atoms with Gasteiger partial charge in [0, 0.05) is 16.8 Å². The molecule has 4 rings (SSSR count). The maximum atomic E-state index is 13.8. The molecule has 3 aromatic rings. The molecule has 0 atom stereocenters. The number of nitrogens with zero attached hydrogens (tertiary/aromatic N) is 1. The largest absolute Gasteiger partial charge is 0.495 e. The third kappa shape index (κ3) is 3.83. The van der Waals surface area contributed by atoms with Crippen molar-refractivity contribution in [2.24, 2.45) is 0 Å². The first-order valence-corrected chi connectivity index (χ1v) is 9.93. The van der Waals surface area contributed by atoms with E-state index >= 15 is 0 Å². The third-order valence-electron chi connectivity index (χ3n) is 4.99. The Morgan fingerprint density at radius 3 is 2.28 bits per heavy atom. The average molecular weight is 455 g/mol. The van der Waals surface area contributed by atoms with Crippen LogP contribution in [0.1, 0.15) is 11.1 Å². The summed E-state index contributed by atoms with van der Waals surface area (Å²) in [6, 6.07) is 14.7. The minimum absolute atomic E-state index is 0.0770. The molecule has 0 radical (unpaired) electrons. The van der Waals surface area contributed by atoms with Crippen LogP contribution in [0.2, 0.25) is 5.02 Å². The summed E-state index contributed by atoms with van der Waals surface area (Å²) in [6.45, 7) is 1.89. The lowest BCUT2D eigenvalue weighted by atomic mass is 10.0. The Bertz CT molecular complexity index is 1270. The van der Waals surface area contributed by atoms with Gasteiger partial charge in [-0.25, -0.2) is 13.7 Å². The monoisotopic (exact) mass is 454 g/mol. The SMILES string of the molecule is COc1ccc(Cl)cc1N1C(=O)C(Nc2ccc(F)c(F)c2)=C(c2ccc(C)cc2)C1=O. The van der Waals surface area contributed by atoms with E-state index in [-0.39, 0.29) is 28.4 Å². The van der Waals surface area contributed by atoms with E-state index in [1.807, 2.05) is 6.92 Å². The number of aryl methyl sites for hydroxylation is 1. The van der Waals surface area contributed by atoms with Crippen LogP contribution >= 0.6 is 11.6 Å². The summed E-state index contributed by atoms with van der Waals surface area (Å²) in [6.07, 6.45) is 0. The number of carbonyl (C=O) groups excluding carboxylic acids is 2. The van der Waals surface area contributed by atoms with Crippen LogP contribution < -0.4 is 15.0 Å². The Morgan fingerprint density at radius 2 is 1.62 bits per heavy atom. The molecule has 0 unspecified atom stereocenters. The Labute approximate surface area is 187 Å². The lowest BCUT2D eigenvalue weighted by molar-refractivity contribution is -0.120. The second-order valence-electron chi connectivity index (χ2n) is 7.13. The highest BCUT2D eigenvalue weighted by Crippen LogP contribution is 2.39. The molecule has 0 aliphatic carbocycles. The fourth-order valence-electron chi connectivity index (χ4n) is 3.41. The smallest absolute Gasteiger partial charge is 0.282 e. The third-order valence-corrected chi connectivity index (χ3v) is 5.23. The van der Waals surface area contributed by atoms with Gasteiger partial charge in [-0.2, -0.15) is 0 Å². The van der Waals surface area contributed by atoms with Crippen molar-refractivity contribution in [3.63, 3.8) is 0 Å². The summed E-state index contributed by atoms with van der Waals surface area (Å²) in [4.78, 5) is 27.8. The molecule has 0 saturated carbocycles. The summed E-state index contributed by atoms with van der Waals surface area (Å²) in [5.41, 5.74) is 1.75. The van der Waals surface area contributed by atoms with Gasteiger partial charge in [0.1, 0.15) is 11.4 Å². The molecular formula is C24H17ClF2N2O3. The molecular weight excluding hydrogens is 438 g/mol. The van der Waals surface area contributed by atoms with Gasteiger partial charge in [-0.3, -0.25) is 9.59 Å². The first-order valence-electron chi connectivity index (χ1n) is 9.56. The molecule has 0 saturated heterocycles. The molecule has 1 aliphatic heterocycles. The summed E-state index contributed by atoms with van der Waals surface area (Å²) in [5, 5.41) is 3.10. The van der Waals surface area contributed by atoms with Crippen molar-refractivity contribution in [2.45, 2.75) is 6.92 Å². The fourth-order valence-corrected chi connectivity index (χ4v) is 3.57. The molecule has 1 N–H and O–H groups in total. The molecule has 1 heterocycles. The lowest BCUT2D eigenvalue weighted by Crippen LogP contribution is -2.32. The van der Waals surface area contributed by atoms with Gasteiger partial charge in [0.05, 0.1) is 18.4 Å². The maximum Gasteiger partial charge on any atom is 0.282 e. The molecule has 32 heavy (non-hydrogen) atoms. The number of methoxy groups -OCH3 is 1. The Balaban J connectivity index is 1.86. The van der Waals surface area contributed by atoms with E-state index in [1.165, 1.54) is 19.2 Å². The average Bonchev–Trinajstić information content (AvgIpc) is 3.00. The highest BCUT2D eigenvalue weighted by Gasteiger charge is 2.41. The standard InChI is InChI=1S/C24H17ClF2N2O3/c1-13-3-5-14(6-4-13)21-22(28-16-8-9-17(26)18(27)12-16)24(31)29(23(21)30)19-11-15(25)7-10-20(19)32-2/h3-12,28H,1-2H3. The predicted molar refractivity (Wildman–Crippen MR) is 119 cm³/mol. The number of rotatable bonds is 5. The fraction of sp³-hybridized carbons (Fsp3) is 0.0833. The topological polar surface area (TPSA) is 58.6 Å². The number of ether oxygens (including phenoxy) is 1. The zero-order valence-corrected chi connectivity index (χ0v) is 17.8. The molecule has 0 aromatic heterocycles. The van der Waals surface area contributed by atoms with Gasteiger partial charge >= 0.3 is 0 Å². The first kappa shape index (κ1) is 21.5. The minimum atomic E-state index is -1.09. The van der Waals surface area contributed by atoms with Crippen molar-refractivity contribution in [3.05, 3.63) is 94.1 Å². The van der Waals surface area contributed by atoms with Crippen LogP contribution in [0.3, 0.4) is 0 Å². The lowest BCUT2D eigenvalue weighted by Gasteiger charge is -2.18. The van der Waals surface area contributed by atoms with Gasteiger partial charge in [-0.05, 0) is 42.8 Å². The number of imide groups is 1. The molecule has 0 spiro atoms. The number of nitrogens with one attached hydrogen (secondary N) is 1. The number of hydrogen-bond donors (Lipinski definition) is 1. The zero-order chi connectivity index (χ0) is 23.0. The van der Waals surface area contributed by atoms with Crippen LogP contribution in [0.25, 0.3) is 5.57 Å². The van der Waals surface area contributed by atoms with Crippen molar-refractivity contribution < 1.29 is 23.1 Å². The van der Waals surface area contributed by atoms with Crippen LogP contribution in [0.15, 0.2) is 66.4 Å². The molecule has 2 amide bonds. The van der Waals surface area contributed by atoms with E-state index in [2.05, 4.69) is 5.32 Å². The molecule has 1 aliphatic rings. The summed E-state index contributed by atoms with van der Waals surface area (Å²) in [5.74, 6) is -3.13. The van der Waals surface area contributed by atoms with E-state index in [4.69, 9.17) is 16.3 Å². The van der Waals surface area contributed by atoms with Gasteiger partial charge in [0.25, 0.3) is 11.8 Å². The van der Waals surface area contributed by atoms with Gasteiger partial charge in [-0.15, -0.1) is 0 Å². The number of carbonyl (C=O) groups is 2. The van der Waals surface area contributed by atoms with Crippen LogP contribution in [-0.4, -0.2) is 18.9 Å². The van der Waals surface area contributed by atoms with Gasteiger partial charge in [-0.1, -0.05) is 41.4 Å². The first-order chi connectivity index (χ1) is 15.3. The molecule has 8 heteroatoms. The van der Waals surface area contributed by atoms with Gasteiger partial charge < -0.3 is 10.1 Å². The molecule has 5 nitrogen and oxygen atoms in total. The minimum Gasteiger partial charge on any atom is -0.495 e. The van der Waals surface area contributed by atoms with E-state index < -0.39 is 23.4 Å². The summed E-state index contributed by atoms with van der Waals surface area (Å²) in [7, 11) is 1.41. The van der Waals surface area contributed by atoms with Crippen molar-refractivity contribution >= 4 is 40.4 Å². The number of benzene rings is 3. The summed E-state index contributed by atoms with van der Waals surface area (Å²) < 4.78 is 32.4. The van der Waals surface area contributed by atoms with Gasteiger partial charge in [0.15, 0.2) is 11.6 Å². The highest BCUT2D eigenvalue weighted by atomic mass is 35.5. The number of halogens is 3. The van der Waals surface area contributed by atoms with Gasteiger partial charge in [0.2, 0.25) is 0 Å². The van der Waals surface area contributed by atoms with Crippen LogP contribution in [0, 0.1) is 18.6 Å². The number of amides is 2. The summed E-state index contributed by atoms with van der Waals surface area (Å²) >= 11 is 6.11. The van der Waals surface area contributed by atoms with Crippen LogP contribution in [0.5, 0.6) is 5.75 Å². The van der Waals surface area contributed by atoms with Crippen molar-refractivity contribution in [3.8, 4) is 5.75 Å². The molecule has 162 valence electrons. The Hall–Kier alpha value is -3.71. The van der Waals surface area contributed by atoms with Crippen molar-refractivity contribution in [1.82, 2.24) is 0 Å². The maximum absolute atomic E-state index is 13.8. The second-order valence-corrected chi connectivity index (χ2v) is 7.57. The van der Waals surface area contributed by atoms with Crippen molar-refractivity contribution in [2.75, 3.05) is 17.3 Å². The molecule has 0 bridgehead atoms. The second kappa shape index (κ2) is 8.43.